The topological polar surface area (TPSA) is 86.9 Å². The second-order valence-electron chi connectivity index (χ2n) is 5.53. The number of carboxylic acid groups (broad SMARTS) is 1. The molecule has 1 N–H and O–H groups in total. The number of hydrogen-bond donors (Lipinski definition) is 1. The first-order valence-corrected chi connectivity index (χ1v) is 6.80. The molecule has 0 radical (unpaired) electrons. The van der Waals surface area contributed by atoms with E-state index in [0.717, 1.165) is 19.5 Å². The molecule has 1 aliphatic heterocycles. The van der Waals surface area contributed by atoms with Crippen LogP contribution in [0, 0.1) is 16.0 Å². The zero-order valence-electron chi connectivity index (χ0n) is 12.2. The molecule has 1 unspecified atom stereocenters. The Morgan fingerprint density at radius 2 is 2.29 bits per heavy atom. The van der Waals surface area contributed by atoms with E-state index in [2.05, 4.69) is 4.90 Å². The second-order valence-corrected chi connectivity index (χ2v) is 5.53. The van der Waals surface area contributed by atoms with Crippen LogP contribution in [-0.4, -0.2) is 54.6 Å². The highest BCUT2D eigenvalue weighted by atomic mass is 16.6. The summed E-state index contributed by atoms with van der Waals surface area (Å²) in [5.74, 6) is -0.842. The van der Waals surface area contributed by atoms with Crippen molar-refractivity contribution in [1.82, 2.24) is 4.90 Å². The Bertz CT molecular complexity index is 561. The summed E-state index contributed by atoms with van der Waals surface area (Å²) in [5, 5.41) is 20.4. The minimum absolute atomic E-state index is 0.270. The summed E-state index contributed by atoms with van der Waals surface area (Å²) in [4.78, 5) is 25.8. The summed E-state index contributed by atoms with van der Waals surface area (Å²) < 4.78 is 0. The zero-order chi connectivity index (χ0) is 15.6. The Morgan fingerprint density at radius 1 is 1.57 bits per heavy atom. The van der Waals surface area contributed by atoms with Gasteiger partial charge in [0.15, 0.2) is 0 Å². The van der Waals surface area contributed by atoms with Gasteiger partial charge in [-0.25, -0.2) is 4.79 Å². The van der Waals surface area contributed by atoms with Gasteiger partial charge < -0.3 is 14.9 Å². The second kappa shape index (κ2) is 6.09. The first-order valence-electron chi connectivity index (χ1n) is 6.80. The number of hydrogen-bond acceptors (Lipinski definition) is 5. The SMILES string of the molecule is CN1CCC(CN(C)c2cccc(C(=O)O)c2[N+](=O)[O-])C1. The maximum Gasteiger partial charge on any atom is 0.342 e. The van der Waals surface area contributed by atoms with Gasteiger partial charge >= 0.3 is 11.7 Å². The molecule has 7 nitrogen and oxygen atoms in total. The van der Waals surface area contributed by atoms with Crippen molar-refractivity contribution in [1.29, 1.82) is 0 Å². The molecular weight excluding hydrogens is 274 g/mol. The monoisotopic (exact) mass is 293 g/mol. The standard InChI is InChI=1S/C14H19N3O4/c1-15-7-6-10(8-15)9-16(2)12-5-3-4-11(14(18)19)13(12)17(20)21/h3-5,10H,6-9H2,1-2H3,(H,18,19). The third kappa shape index (κ3) is 3.30. The molecule has 1 aromatic rings. The number of carboxylic acids is 1. The van der Waals surface area contributed by atoms with Crippen LogP contribution in [0.15, 0.2) is 18.2 Å². The Kier molecular flexibility index (Phi) is 4.42. The number of rotatable bonds is 5. The Morgan fingerprint density at radius 3 is 2.81 bits per heavy atom. The summed E-state index contributed by atoms with van der Waals surface area (Å²) in [5.41, 5.74) is -0.249. The molecule has 1 heterocycles. The number of likely N-dealkylation sites (tertiary alicyclic amines) is 1. The summed E-state index contributed by atoms with van der Waals surface area (Å²) in [6, 6.07) is 4.41. The van der Waals surface area contributed by atoms with Gasteiger partial charge in [0.05, 0.1) is 4.92 Å². The van der Waals surface area contributed by atoms with Crippen LogP contribution in [0.4, 0.5) is 11.4 Å². The highest BCUT2D eigenvalue weighted by molar-refractivity contribution is 5.95. The predicted octanol–water partition coefficient (Wildman–Crippen LogP) is 1.68. The van der Waals surface area contributed by atoms with Crippen molar-refractivity contribution in [3.05, 3.63) is 33.9 Å². The molecule has 2 rings (SSSR count). The number of carbonyl (C=O) groups is 1. The molecule has 0 amide bonds. The molecular formula is C14H19N3O4. The number of para-hydroxylation sites is 1. The van der Waals surface area contributed by atoms with E-state index in [1.807, 2.05) is 7.05 Å². The fraction of sp³-hybridized carbons (Fsp3) is 0.500. The fourth-order valence-electron chi connectivity index (χ4n) is 2.86. The van der Waals surface area contributed by atoms with E-state index in [1.54, 1.807) is 24.1 Å². The third-order valence-electron chi connectivity index (χ3n) is 3.86. The Balaban J connectivity index is 2.27. The van der Waals surface area contributed by atoms with E-state index in [1.165, 1.54) is 6.07 Å². The van der Waals surface area contributed by atoms with Crippen LogP contribution in [0.25, 0.3) is 0 Å². The first kappa shape index (κ1) is 15.2. The predicted molar refractivity (Wildman–Crippen MR) is 78.9 cm³/mol. The van der Waals surface area contributed by atoms with Gasteiger partial charge in [0.25, 0.3) is 0 Å². The van der Waals surface area contributed by atoms with Crippen molar-refractivity contribution in [2.24, 2.45) is 5.92 Å². The lowest BCUT2D eigenvalue weighted by molar-refractivity contribution is -0.384. The first-order chi connectivity index (χ1) is 9.90. The van der Waals surface area contributed by atoms with E-state index in [9.17, 15) is 14.9 Å². The summed E-state index contributed by atoms with van der Waals surface area (Å²) in [6.45, 7) is 2.65. The normalized spacial score (nSPS) is 18.7. The zero-order valence-corrected chi connectivity index (χ0v) is 12.2. The molecule has 0 aliphatic carbocycles. The van der Waals surface area contributed by atoms with Crippen molar-refractivity contribution in [2.75, 3.05) is 38.6 Å². The van der Waals surface area contributed by atoms with Gasteiger partial charge in [0.1, 0.15) is 11.3 Å². The van der Waals surface area contributed by atoms with E-state index >= 15 is 0 Å². The highest BCUT2D eigenvalue weighted by Crippen LogP contribution is 2.32. The Hall–Kier alpha value is -2.15. The molecule has 21 heavy (non-hydrogen) atoms. The van der Waals surface area contributed by atoms with E-state index < -0.39 is 10.9 Å². The van der Waals surface area contributed by atoms with Crippen LogP contribution in [0.3, 0.4) is 0 Å². The van der Waals surface area contributed by atoms with E-state index in [-0.39, 0.29) is 11.3 Å². The van der Waals surface area contributed by atoms with Gasteiger partial charge in [-0.05, 0) is 38.1 Å². The van der Waals surface area contributed by atoms with Gasteiger partial charge in [-0.1, -0.05) is 6.07 Å². The molecule has 1 fully saturated rings. The lowest BCUT2D eigenvalue weighted by Gasteiger charge is -2.23. The maximum atomic E-state index is 11.2. The average Bonchev–Trinajstić information content (AvgIpc) is 2.82. The van der Waals surface area contributed by atoms with Crippen LogP contribution in [0.1, 0.15) is 16.8 Å². The molecule has 7 heteroatoms. The van der Waals surface area contributed by atoms with Gasteiger partial charge in [0, 0.05) is 20.1 Å². The molecule has 0 spiro atoms. The number of nitrogens with zero attached hydrogens (tertiary/aromatic N) is 3. The van der Waals surface area contributed by atoms with Crippen molar-refractivity contribution >= 4 is 17.3 Å². The molecule has 0 aromatic heterocycles. The lowest BCUT2D eigenvalue weighted by atomic mass is 10.1. The van der Waals surface area contributed by atoms with Crippen LogP contribution >= 0.6 is 0 Å². The van der Waals surface area contributed by atoms with E-state index in [0.29, 0.717) is 18.2 Å². The van der Waals surface area contributed by atoms with Gasteiger partial charge in [-0.15, -0.1) is 0 Å². The molecule has 1 atom stereocenters. The number of nitro benzene ring substituents is 1. The van der Waals surface area contributed by atoms with Crippen molar-refractivity contribution in [3.8, 4) is 0 Å². The van der Waals surface area contributed by atoms with E-state index in [4.69, 9.17) is 5.11 Å². The summed E-state index contributed by atoms with van der Waals surface area (Å²) >= 11 is 0. The molecule has 1 aromatic carbocycles. The quantitative estimate of drug-likeness (QED) is 0.656. The fourth-order valence-corrected chi connectivity index (χ4v) is 2.86. The smallest absolute Gasteiger partial charge is 0.342 e. The lowest BCUT2D eigenvalue weighted by Crippen LogP contribution is -2.28. The number of benzene rings is 1. The largest absolute Gasteiger partial charge is 0.477 e. The maximum absolute atomic E-state index is 11.2. The summed E-state index contributed by atoms with van der Waals surface area (Å²) in [7, 11) is 3.82. The Labute approximate surface area is 122 Å². The molecule has 114 valence electrons. The third-order valence-corrected chi connectivity index (χ3v) is 3.86. The summed E-state index contributed by atoms with van der Waals surface area (Å²) in [6.07, 6.45) is 1.05. The molecule has 0 bridgehead atoms. The van der Waals surface area contributed by atoms with Crippen molar-refractivity contribution in [3.63, 3.8) is 0 Å². The molecule has 1 aliphatic rings. The van der Waals surface area contributed by atoms with Crippen LogP contribution < -0.4 is 4.90 Å². The molecule has 0 saturated carbocycles. The van der Waals surface area contributed by atoms with Gasteiger partial charge in [-0.2, -0.15) is 0 Å². The van der Waals surface area contributed by atoms with Crippen molar-refractivity contribution < 1.29 is 14.8 Å². The van der Waals surface area contributed by atoms with Gasteiger partial charge in [-0.3, -0.25) is 10.1 Å². The number of anilines is 1. The minimum atomic E-state index is -1.28. The average molecular weight is 293 g/mol. The minimum Gasteiger partial charge on any atom is -0.477 e. The van der Waals surface area contributed by atoms with Crippen LogP contribution in [0.5, 0.6) is 0 Å². The van der Waals surface area contributed by atoms with Crippen molar-refractivity contribution in [2.45, 2.75) is 6.42 Å². The number of nitro groups is 1. The molecule has 1 saturated heterocycles. The highest BCUT2D eigenvalue weighted by Gasteiger charge is 2.28. The number of aromatic carboxylic acids is 1. The van der Waals surface area contributed by atoms with Gasteiger partial charge in [0.2, 0.25) is 0 Å². The van der Waals surface area contributed by atoms with Crippen LogP contribution in [-0.2, 0) is 0 Å². The van der Waals surface area contributed by atoms with Crippen LogP contribution in [0.2, 0.25) is 0 Å².